The van der Waals surface area contributed by atoms with Crippen LogP contribution in [0.3, 0.4) is 0 Å². The van der Waals surface area contributed by atoms with Gasteiger partial charge in [-0.25, -0.2) is 9.97 Å². The largest absolute Gasteiger partial charge is 0.337 e. The summed E-state index contributed by atoms with van der Waals surface area (Å²) in [4.78, 5) is 30.9. The molecular formula is C24H28N6O. The maximum Gasteiger partial charge on any atom is 0.274 e. The molecule has 2 aliphatic heterocycles. The zero-order valence-corrected chi connectivity index (χ0v) is 18.2. The molecule has 4 heterocycles. The molecule has 1 fully saturated rings. The summed E-state index contributed by atoms with van der Waals surface area (Å²) in [5, 5.41) is 0. The smallest absolute Gasteiger partial charge is 0.274 e. The van der Waals surface area contributed by atoms with Crippen molar-refractivity contribution in [2.75, 3.05) is 26.2 Å². The van der Waals surface area contributed by atoms with Gasteiger partial charge in [0.05, 0.1) is 29.3 Å². The lowest BCUT2D eigenvalue weighted by molar-refractivity contribution is -0.00329. The summed E-state index contributed by atoms with van der Waals surface area (Å²) in [5.74, 6) is 1.11. The second-order valence-corrected chi connectivity index (χ2v) is 8.43. The van der Waals surface area contributed by atoms with E-state index in [1.54, 1.807) is 12.4 Å². The van der Waals surface area contributed by atoms with Crippen LogP contribution in [-0.4, -0.2) is 61.4 Å². The van der Waals surface area contributed by atoms with Crippen LogP contribution in [0.5, 0.6) is 0 Å². The van der Waals surface area contributed by atoms with Gasteiger partial charge in [0.25, 0.3) is 5.91 Å². The minimum atomic E-state index is -0.129. The molecule has 1 saturated heterocycles. The van der Waals surface area contributed by atoms with Crippen molar-refractivity contribution in [1.82, 2.24) is 29.3 Å². The number of likely N-dealkylation sites (N-methyl/N-ethyl adjacent to an activating group) is 1. The number of likely N-dealkylation sites (tertiary alicyclic amines) is 1. The van der Waals surface area contributed by atoms with Gasteiger partial charge < -0.3 is 9.47 Å². The van der Waals surface area contributed by atoms with Gasteiger partial charge in [0, 0.05) is 32.4 Å². The molecule has 2 aromatic heterocycles. The Balaban J connectivity index is 1.43. The van der Waals surface area contributed by atoms with Crippen LogP contribution in [0.4, 0.5) is 0 Å². The Morgan fingerprint density at radius 1 is 0.968 bits per heavy atom. The number of benzene rings is 1. The van der Waals surface area contributed by atoms with E-state index >= 15 is 0 Å². The first-order valence-corrected chi connectivity index (χ1v) is 11.1. The second kappa shape index (κ2) is 7.89. The number of piperidine rings is 1. The van der Waals surface area contributed by atoms with Crippen molar-refractivity contribution in [1.29, 1.82) is 0 Å². The number of hydrogen-bond acceptors (Lipinski definition) is 5. The second-order valence-electron chi connectivity index (χ2n) is 8.43. The number of amides is 1. The van der Waals surface area contributed by atoms with Gasteiger partial charge in [0.2, 0.25) is 0 Å². The number of imidazole rings is 1. The summed E-state index contributed by atoms with van der Waals surface area (Å²) in [6.45, 7) is 8.40. The normalized spacial score (nSPS) is 18.2. The third kappa shape index (κ3) is 3.33. The third-order valence-electron chi connectivity index (χ3n) is 6.80. The monoisotopic (exact) mass is 416 g/mol. The predicted molar refractivity (Wildman–Crippen MR) is 118 cm³/mol. The molecule has 0 bridgehead atoms. The number of carbonyl (C=O) groups is 1. The molecule has 3 aromatic rings. The van der Waals surface area contributed by atoms with E-state index in [-0.39, 0.29) is 11.4 Å². The molecule has 0 unspecified atom stereocenters. The van der Waals surface area contributed by atoms with Gasteiger partial charge in [-0.15, -0.1) is 0 Å². The van der Waals surface area contributed by atoms with Crippen LogP contribution in [0.1, 0.15) is 41.8 Å². The van der Waals surface area contributed by atoms with Gasteiger partial charge >= 0.3 is 0 Å². The highest BCUT2D eigenvalue weighted by atomic mass is 16.2. The quantitative estimate of drug-likeness (QED) is 0.656. The van der Waals surface area contributed by atoms with Gasteiger partial charge in [0.1, 0.15) is 11.5 Å². The van der Waals surface area contributed by atoms with Crippen LogP contribution >= 0.6 is 0 Å². The molecule has 1 aromatic carbocycles. The van der Waals surface area contributed by atoms with Crippen molar-refractivity contribution in [3.63, 3.8) is 0 Å². The van der Waals surface area contributed by atoms with Crippen LogP contribution in [0.2, 0.25) is 0 Å². The highest BCUT2D eigenvalue weighted by Crippen LogP contribution is 2.42. The lowest BCUT2D eigenvalue weighted by atomic mass is 9.83. The molecule has 0 atom stereocenters. The van der Waals surface area contributed by atoms with Gasteiger partial charge in [-0.2, -0.15) is 0 Å². The van der Waals surface area contributed by atoms with E-state index in [2.05, 4.69) is 50.6 Å². The van der Waals surface area contributed by atoms with Crippen LogP contribution in [0, 0.1) is 6.92 Å². The molecule has 0 radical (unpaired) electrons. The average Bonchev–Trinajstić information content (AvgIpc) is 3.26. The van der Waals surface area contributed by atoms with E-state index in [4.69, 9.17) is 4.98 Å². The molecule has 2 aliphatic rings. The highest BCUT2D eigenvalue weighted by Gasteiger charge is 2.47. The summed E-state index contributed by atoms with van der Waals surface area (Å²) < 4.78 is 2.39. The Labute approximate surface area is 182 Å². The molecule has 0 saturated carbocycles. The summed E-state index contributed by atoms with van der Waals surface area (Å²) >= 11 is 0. The van der Waals surface area contributed by atoms with Crippen molar-refractivity contribution in [3.8, 4) is 11.3 Å². The van der Waals surface area contributed by atoms with E-state index in [1.165, 1.54) is 11.3 Å². The molecule has 0 aliphatic carbocycles. The Morgan fingerprint density at radius 3 is 2.42 bits per heavy atom. The molecule has 1 amide bonds. The molecule has 160 valence electrons. The SMILES string of the molecule is CCN1CCn2c(-c3ccccc3)cnc2C12CCN(C(=O)c1cnc(C)cn1)CC2. The average molecular weight is 417 g/mol. The van der Waals surface area contributed by atoms with E-state index in [0.717, 1.165) is 44.0 Å². The Hall–Kier alpha value is -3.06. The fourth-order valence-corrected chi connectivity index (χ4v) is 5.13. The first-order valence-electron chi connectivity index (χ1n) is 11.1. The van der Waals surface area contributed by atoms with E-state index in [1.807, 2.05) is 24.1 Å². The summed E-state index contributed by atoms with van der Waals surface area (Å²) in [5.41, 5.74) is 3.49. The van der Waals surface area contributed by atoms with Gasteiger partial charge in [0.15, 0.2) is 0 Å². The van der Waals surface area contributed by atoms with Crippen molar-refractivity contribution >= 4 is 5.91 Å². The van der Waals surface area contributed by atoms with Crippen molar-refractivity contribution < 1.29 is 4.79 Å². The lowest BCUT2D eigenvalue weighted by Crippen LogP contribution is -2.58. The molecule has 0 N–H and O–H groups in total. The molecular weight excluding hydrogens is 388 g/mol. The molecule has 5 rings (SSSR count). The van der Waals surface area contributed by atoms with Gasteiger partial charge in [-0.1, -0.05) is 37.3 Å². The van der Waals surface area contributed by atoms with Gasteiger partial charge in [-0.05, 0) is 31.9 Å². The number of aromatic nitrogens is 4. The Morgan fingerprint density at radius 2 is 1.74 bits per heavy atom. The van der Waals surface area contributed by atoms with Crippen molar-refractivity contribution in [3.05, 3.63) is 66.1 Å². The number of rotatable bonds is 3. The molecule has 7 heteroatoms. The lowest BCUT2D eigenvalue weighted by Gasteiger charge is -2.50. The van der Waals surface area contributed by atoms with Crippen molar-refractivity contribution in [2.24, 2.45) is 0 Å². The first-order chi connectivity index (χ1) is 15.1. The fraction of sp³-hybridized carbons (Fsp3) is 0.417. The first kappa shape index (κ1) is 19.9. The maximum atomic E-state index is 13.0. The van der Waals surface area contributed by atoms with Crippen molar-refractivity contribution in [2.45, 2.75) is 38.8 Å². The summed E-state index contributed by atoms with van der Waals surface area (Å²) in [6, 6.07) is 10.5. The minimum absolute atomic E-state index is 0.0328. The van der Waals surface area contributed by atoms with Crippen LogP contribution in [-0.2, 0) is 12.1 Å². The van der Waals surface area contributed by atoms with Crippen LogP contribution in [0.25, 0.3) is 11.3 Å². The zero-order valence-electron chi connectivity index (χ0n) is 18.2. The summed E-state index contributed by atoms with van der Waals surface area (Å²) in [6.07, 6.45) is 7.00. The molecule has 31 heavy (non-hydrogen) atoms. The molecule has 7 nitrogen and oxygen atoms in total. The van der Waals surface area contributed by atoms with Crippen LogP contribution in [0.15, 0.2) is 48.9 Å². The number of fused-ring (bicyclic) bond motifs is 2. The third-order valence-corrected chi connectivity index (χ3v) is 6.80. The van der Waals surface area contributed by atoms with E-state index in [9.17, 15) is 4.79 Å². The number of carbonyl (C=O) groups excluding carboxylic acids is 1. The zero-order chi connectivity index (χ0) is 21.4. The predicted octanol–water partition coefficient (Wildman–Crippen LogP) is 3.12. The summed E-state index contributed by atoms with van der Waals surface area (Å²) in [7, 11) is 0. The highest BCUT2D eigenvalue weighted by molar-refractivity contribution is 5.92. The Bertz CT molecular complexity index is 1070. The van der Waals surface area contributed by atoms with E-state index in [0.29, 0.717) is 18.8 Å². The molecule has 1 spiro atoms. The topological polar surface area (TPSA) is 67.2 Å². The fourth-order valence-electron chi connectivity index (χ4n) is 5.13. The number of aryl methyl sites for hydroxylation is 1. The maximum absolute atomic E-state index is 13.0. The Kier molecular flexibility index (Phi) is 5.06. The van der Waals surface area contributed by atoms with E-state index < -0.39 is 0 Å². The standard InChI is InChI=1S/C24H28N6O/c1-3-29-13-14-30-21(19-7-5-4-6-8-19)17-27-23(30)24(29)9-11-28(12-10-24)22(31)20-16-25-18(2)15-26-20/h4-8,15-17H,3,9-14H2,1-2H3. The van der Waals surface area contributed by atoms with Gasteiger partial charge in [-0.3, -0.25) is 14.7 Å². The number of nitrogens with zero attached hydrogens (tertiary/aromatic N) is 6. The minimum Gasteiger partial charge on any atom is -0.337 e. The van der Waals surface area contributed by atoms with Crippen LogP contribution < -0.4 is 0 Å². The number of hydrogen-bond donors (Lipinski definition) is 0.